The van der Waals surface area contributed by atoms with Crippen molar-refractivity contribution in [3.8, 4) is 0 Å². The minimum absolute atomic E-state index is 0.854. The number of pyridine rings is 1. The monoisotopic (exact) mass is 225 g/mol. The van der Waals surface area contributed by atoms with Gasteiger partial charge in [0.25, 0.3) is 0 Å². The lowest BCUT2D eigenvalue weighted by Crippen LogP contribution is -1.89. The number of nitrogens with zero attached hydrogens (tertiary/aromatic N) is 3. The normalized spacial score (nSPS) is 10.9. The van der Waals surface area contributed by atoms with Crippen LogP contribution in [0.3, 0.4) is 0 Å². The zero-order valence-electron chi connectivity index (χ0n) is 6.87. The first kappa shape index (κ1) is 7.73. The molecule has 0 fully saturated rings. The predicted molar refractivity (Wildman–Crippen MR) is 50.9 cm³/mol. The molecule has 3 nitrogen and oxygen atoms in total. The highest BCUT2D eigenvalue weighted by molar-refractivity contribution is 9.10. The molecule has 0 spiro atoms. The van der Waals surface area contributed by atoms with Crippen LogP contribution in [0.1, 0.15) is 5.69 Å². The zero-order valence-corrected chi connectivity index (χ0v) is 8.46. The first-order valence-electron chi connectivity index (χ1n) is 3.63. The summed E-state index contributed by atoms with van der Waals surface area (Å²) in [4.78, 5) is 4.20. The van der Waals surface area contributed by atoms with Gasteiger partial charge in [-0.15, -0.1) is 0 Å². The molecule has 2 rings (SSSR count). The Kier molecular flexibility index (Phi) is 1.65. The summed E-state index contributed by atoms with van der Waals surface area (Å²) in [5, 5.41) is 5.28. The van der Waals surface area contributed by atoms with Crippen molar-refractivity contribution in [2.75, 3.05) is 0 Å². The summed E-state index contributed by atoms with van der Waals surface area (Å²) in [5.74, 6) is 0. The van der Waals surface area contributed by atoms with Crippen molar-refractivity contribution in [1.82, 2.24) is 14.8 Å². The Morgan fingerprint density at radius 2 is 2.25 bits per heavy atom. The van der Waals surface area contributed by atoms with Crippen molar-refractivity contribution < 1.29 is 0 Å². The lowest BCUT2D eigenvalue weighted by Gasteiger charge is -1.93. The van der Waals surface area contributed by atoms with E-state index in [1.54, 1.807) is 0 Å². The summed E-state index contributed by atoms with van der Waals surface area (Å²) in [5.41, 5.74) is 2.12. The molecule has 12 heavy (non-hydrogen) atoms. The highest BCUT2D eigenvalue weighted by Gasteiger charge is 2.05. The molecule has 0 N–H and O–H groups in total. The van der Waals surface area contributed by atoms with Gasteiger partial charge >= 0.3 is 0 Å². The maximum absolute atomic E-state index is 4.22. The third-order valence-electron chi connectivity index (χ3n) is 1.83. The van der Waals surface area contributed by atoms with Gasteiger partial charge in [-0.3, -0.25) is 9.67 Å². The lowest BCUT2D eigenvalue weighted by molar-refractivity contribution is 0.788. The van der Waals surface area contributed by atoms with Crippen molar-refractivity contribution in [3.05, 3.63) is 22.6 Å². The summed E-state index contributed by atoms with van der Waals surface area (Å²) in [6.45, 7) is 1.97. The number of aryl methyl sites for hydroxylation is 2. The summed E-state index contributed by atoms with van der Waals surface area (Å²) in [7, 11) is 1.92. The minimum Gasteiger partial charge on any atom is -0.267 e. The smallest absolute Gasteiger partial charge is 0.137 e. The Morgan fingerprint density at radius 1 is 1.50 bits per heavy atom. The van der Waals surface area contributed by atoms with Crippen LogP contribution in [-0.4, -0.2) is 14.8 Å². The largest absolute Gasteiger partial charge is 0.267 e. The van der Waals surface area contributed by atoms with Gasteiger partial charge in [-0.1, -0.05) is 0 Å². The number of fused-ring (bicyclic) bond motifs is 1. The van der Waals surface area contributed by atoms with Gasteiger partial charge in [-0.2, -0.15) is 5.10 Å². The molecule has 2 aromatic heterocycles. The van der Waals surface area contributed by atoms with Gasteiger partial charge in [-0.25, -0.2) is 0 Å². The molecule has 0 amide bonds. The van der Waals surface area contributed by atoms with Gasteiger partial charge in [0.2, 0.25) is 0 Å². The first-order chi connectivity index (χ1) is 5.68. The Morgan fingerprint density at radius 3 is 3.00 bits per heavy atom. The molecular weight excluding hydrogens is 218 g/mol. The Bertz CT molecular complexity index is 433. The molecule has 4 heteroatoms. The Balaban J connectivity index is 2.90. The third kappa shape index (κ3) is 1.03. The number of aromatic nitrogens is 3. The lowest BCUT2D eigenvalue weighted by atomic mass is 10.3. The van der Waals surface area contributed by atoms with Gasteiger partial charge in [0.1, 0.15) is 4.60 Å². The standard InChI is InChI=1S/C8H8BrN3/c1-5-3-7-6(4-10-5)8(9)11-12(7)2/h3-4H,1-2H3. The van der Waals surface area contributed by atoms with Crippen molar-refractivity contribution in [1.29, 1.82) is 0 Å². The van der Waals surface area contributed by atoms with Gasteiger partial charge in [0, 0.05) is 18.9 Å². The molecule has 0 atom stereocenters. The van der Waals surface area contributed by atoms with E-state index in [1.807, 2.05) is 30.9 Å². The van der Waals surface area contributed by atoms with Crippen LogP contribution in [0, 0.1) is 6.92 Å². The van der Waals surface area contributed by atoms with Gasteiger partial charge in [-0.05, 0) is 28.9 Å². The van der Waals surface area contributed by atoms with E-state index in [0.29, 0.717) is 0 Å². The van der Waals surface area contributed by atoms with E-state index >= 15 is 0 Å². The fourth-order valence-electron chi connectivity index (χ4n) is 1.21. The molecule has 0 aliphatic heterocycles. The average molecular weight is 226 g/mol. The van der Waals surface area contributed by atoms with Crippen molar-refractivity contribution in [2.45, 2.75) is 6.92 Å². The molecule has 0 aromatic carbocycles. The maximum Gasteiger partial charge on any atom is 0.137 e. The van der Waals surface area contributed by atoms with E-state index in [9.17, 15) is 0 Å². The van der Waals surface area contributed by atoms with E-state index in [2.05, 4.69) is 26.0 Å². The molecule has 62 valence electrons. The van der Waals surface area contributed by atoms with Crippen LogP contribution in [0.2, 0.25) is 0 Å². The molecule has 0 saturated carbocycles. The molecule has 0 aliphatic rings. The molecule has 0 aliphatic carbocycles. The SMILES string of the molecule is Cc1cc2c(cn1)c(Br)nn2C. The Labute approximate surface area is 78.5 Å². The van der Waals surface area contributed by atoms with Gasteiger partial charge in [0.15, 0.2) is 0 Å². The molecule has 0 radical (unpaired) electrons. The molecule has 0 bridgehead atoms. The quantitative estimate of drug-likeness (QED) is 0.688. The average Bonchev–Trinajstić information content (AvgIpc) is 2.28. The second-order valence-electron chi connectivity index (χ2n) is 2.76. The van der Waals surface area contributed by atoms with Gasteiger partial charge in [0.05, 0.1) is 10.9 Å². The highest BCUT2D eigenvalue weighted by Crippen LogP contribution is 2.21. The highest BCUT2D eigenvalue weighted by atomic mass is 79.9. The van der Waals surface area contributed by atoms with Crippen LogP contribution >= 0.6 is 15.9 Å². The topological polar surface area (TPSA) is 30.7 Å². The second-order valence-corrected chi connectivity index (χ2v) is 3.51. The fourth-order valence-corrected chi connectivity index (χ4v) is 1.75. The summed E-state index contributed by atoms with van der Waals surface area (Å²) >= 11 is 3.37. The van der Waals surface area contributed by atoms with Crippen molar-refractivity contribution in [2.24, 2.45) is 7.05 Å². The number of hydrogen-bond acceptors (Lipinski definition) is 2. The van der Waals surface area contributed by atoms with Crippen LogP contribution in [0.5, 0.6) is 0 Å². The maximum atomic E-state index is 4.22. The van der Waals surface area contributed by atoms with Crippen LogP contribution in [0.25, 0.3) is 10.9 Å². The van der Waals surface area contributed by atoms with Crippen LogP contribution < -0.4 is 0 Å². The van der Waals surface area contributed by atoms with Crippen molar-refractivity contribution in [3.63, 3.8) is 0 Å². The number of hydrogen-bond donors (Lipinski definition) is 0. The first-order valence-corrected chi connectivity index (χ1v) is 4.42. The molecule has 0 unspecified atom stereocenters. The van der Waals surface area contributed by atoms with Crippen LogP contribution in [0.4, 0.5) is 0 Å². The van der Waals surface area contributed by atoms with E-state index in [-0.39, 0.29) is 0 Å². The van der Waals surface area contributed by atoms with Crippen molar-refractivity contribution >= 4 is 26.8 Å². The summed E-state index contributed by atoms with van der Waals surface area (Å²) < 4.78 is 2.70. The van der Waals surface area contributed by atoms with Gasteiger partial charge < -0.3 is 0 Å². The molecule has 2 aromatic rings. The molecule has 0 saturated heterocycles. The summed E-state index contributed by atoms with van der Waals surface area (Å²) in [6, 6.07) is 2.02. The second kappa shape index (κ2) is 2.55. The van der Waals surface area contributed by atoms with E-state index in [4.69, 9.17) is 0 Å². The molecule has 2 heterocycles. The summed E-state index contributed by atoms with van der Waals surface area (Å²) in [6.07, 6.45) is 1.84. The Hall–Kier alpha value is -0.900. The predicted octanol–water partition coefficient (Wildman–Crippen LogP) is 2.04. The minimum atomic E-state index is 0.854. The van der Waals surface area contributed by atoms with E-state index < -0.39 is 0 Å². The van der Waals surface area contributed by atoms with Crippen LogP contribution in [-0.2, 0) is 7.05 Å². The third-order valence-corrected chi connectivity index (χ3v) is 2.41. The molecular formula is C8H8BrN3. The van der Waals surface area contributed by atoms with E-state index in [0.717, 1.165) is 21.2 Å². The van der Waals surface area contributed by atoms with E-state index in [1.165, 1.54) is 0 Å². The fraction of sp³-hybridized carbons (Fsp3) is 0.250. The number of rotatable bonds is 0. The van der Waals surface area contributed by atoms with Crippen LogP contribution in [0.15, 0.2) is 16.9 Å². The zero-order chi connectivity index (χ0) is 8.72. The number of halogens is 1.